The molecule has 1 aromatic carbocycles. The summed E-state index contributed by atoms with van der Waals surface area (Å²) in [4.78, 5) is 17.0. The SMILES string of the molecule is COc1ccc(NC(=O)/C=C/c2ccc(SC)cc2)cn1. The molecule has 0 unspecified atom stereocenters. The van der Waals surface area contributed by atoms with Crippen LogP contribution in [-0.2, 0) is 4.79 Å². The maximum absolute atomic E-state index is 11.8. The molecule has 1 amide bonds. The molecule has 0 aliphatic carbocycles. The smallest absolute Gasteiger partial charge is 0.248 e. The van der Waals surface area contributed by atoms with Gasteiger partial charge in [-0.3, -0.25) is 4.79 Å². The summed E-state index contributed by atoms with van der Waals surface area (Å²) in [5.41, 5.74) is 1.61. The lowest BCUT2D eigenvalue weighted by molar-refractivity contribution is -0.111. The number of methoxy groups -OCH3 is 1. The second-order valence-electron chi connectivity index (χ2n) is 4.18. The number of ether oxygens (including phenoxy) is 1. The van der Waals surface area contributed by atoms with Crippen LogP contribution in [0.4, 0.5) is 5.69 Å². The fourth-order valence-electron chi connectivity index (χ4n) is 1.65. The highest BCUT2D eigenvalue weighted by Crippen LogP contribution is 2.15. The molecule has 0 atom stereocenters. The van der Waals surface area contributed by atoms with Crippen molar-refractivity contribution in [3.8, 4) is 5.88 Å². The van der Waals surface area contributed by atoms with Gasteiger partial charge < -0.3 is 10.1 Å². The summed E-state index contributed by atoms with van der Waals surface area (Å²) >= 11 is 1.69. The molecule has 0 fully saturated rings. The third-order valence-corrected chi connectivity index (χ3v) is 3.50. The first-order valence-electron chi connectivity index (χ1n) is 6.34. The van der Waals surface area contributed by atoms with Crippen molar-refractivity contribution in [2.24, 2.45) is 0 Å². The summed E-state index contributed by atoms with van der Waals surface area (Å²) in [7, 11) is 1.55. The van der Waals surface area contributed by atoms with Gasteiger partial charge in [0.25, 0.3) is 0 Å². The van der Waals surface area contributed by atoms with E-state index in [1.165, 1.54) is 11.0 Å². The zero-order valence-corrected chi connectivity index (χ0v) is 12.7. The zero-order chi connectivity index (χ0) is 15.1. The van der Waals surface area contributed by atoms with E-state index in [1.807, 2.05) is 30.5 Å². The predicted octanol–water partition coefficient (Wildman–Crippen LogP) is 3.46. The highest BCUT2D eigenvalue weighted by molar-refractivity contribution is 7.98. The standard InChI is InChI=1S/C16H16N2O2S/c1-20-16-10-6-13(11-17-16)18-15(19)9-5-12-3-7-14(21-2)8-4-12/h3-11H,1-2H3,(H,18,19)/b9-5+. The fourth-order valence-corrected chi connectivity index (χ4v) is 2.05. The molecule has 108 valence electrons. The number of carbonyl (C=O) groups excluding carboxylic acids is 1. The zero-order valence-electron chi connectivity index (χ0n) is 11.9. The molecule has 1 aromatic heterocycles. The highest BCUT2D eigenvalue weighted by atomic mass is 32.2. The Morgan fingerprint density at radius 1 is 1.24 bits per heavy atom. The van der Waals surface area contributed by atoms with Crippen molar-refractivity contribution in [2.45, 2.75) is 4.90 Å². The summed E-state index contributed by atoms with van der Waals surface area (Å²) in [6.45, 7) is 0. The molecule has 21 heavy (non-hydrogen) atoms. The number of nitrogens with zero attached hydrogens (tertiary/aromatic N) is 1. The summed E-state index contributed by atoms with van der Waals surface area (Å²) in [6.07, 6.45) is 6.85. The summed E-state index contributed by atoms with van der Waals surface area (Å²) in [5.74, 6) is 0.313. The molecule has 0 aliphatic heterocycles. The summed E-state index contributed by atoms with van der Waals surface area (Å²) in [6, 6.07) is 11.4. The van der Waals surface area contributed by atoms with E-state index in [0.29, 0.717) is 11.6 Å². The second-order valence-corrected chi connectivity index (χ2v) is 5.06. The Kier molecular flexibility index (Phi) is 5.40. The molecule has 0 radical (unpaired) electrons. The van der Waals surface area contributed by atoms with E-state index in [9.17, 15) is 4.79 Å². The summed E-state index contributed by atoms with van der Waals surface area (Å²) in [5, 5.41) is 2.74. The first-order chi connectivity index (χ1) is 10.2. The van der Waals surface area contributed by atoms with Gasteiger partial charge in [0, 0.05) is 17.0 Å². The fraction of sp³-hybridized carbons (Fsp3) is 0.125. The molecule has 2 rings (SSSR count). The number of rotatable bonds is 5. The minimum absolute atomic E-state index is 0.198. The number of carbonyl (C=O) groups is 1. The van der Waals surface area contributed by atoms with Crippen molar-refractivity contribution in [1.82, 2.24) is 4.98 Å². The van der Waals surface area contributed by atoms with Crippen LogP contribution in [0.2, 0.25) is 0 Å². The molecular weight excluding hydrogens is 284 g/mol. The number of pyridine rings is 1. The Labute approximate surface area is 128 Å². The van der Waals surface area contributed by atoms with E-state index in [0.717, 1.165) is 5.56 Å². The number of thioether (sulfide) groups is 1. The Bertz CT molecular complexity index is 622. The maximum atomic E-state index is 11.8. The molecule has 0 bridgehead atoms. The molecule has 2 aromatic rings. The van der Waals surface area contributed by atoms with Gasteiger partial charge in [0.1, 0.15) is 0 Å². The van der Waals surface area contributed by atoms with Gasteiger partial charge in [-0.25, -0.2) is 4.98 Å². The molecule has 5 heteroatoms. The highest BCUT2D eigenvalue weighted by Gasteiger charge is 1.99. The van der Waals surface area contributed by atoms with Crippen LogP contribution in [0.25, 0.3) is 6.08 Å². The first kappa shape index (κ1) is 15.1. The predicted molar refractivity (Wildman–Crippen MR) is 86.7 cm³/mol. The van der Waals surface area contributed by atoms with Crippen molar-refractivity contribution >= 4 is 29.4 Å². The molecule has 0 saturated carbocycles. The van der Waals surface area contributed by atoms with Crippen LogP contribution < -0.4 is 10.1 Å². The number of amides is 1. The molecule has 0 aliphatic rings. The van der Waals surface area contributed by atoms with Crippen LogP contribution >= 0.6 is 11.8 Å². The lowest BCUT2D eigenvalue weighted by Gasteiger charge is -2.03. The van der Waals surface area contributed by atoms with Crippen LogP contribution in [0.5, 0.6) is 5.88 Å². The third-order valence-electron chi connectivity index (χ3n) is 2.76. The first-order valence-corrected chi connectivity index (χ1v) is 7.57. The van der Waals surface area contributed by atoms with Gasteiger partial charge in [0.2, 0.25) is 11.8 Å². The van der Waals surface area contributed by atoms with Gasteiger partial charge >= 0.3 is 0 Å². The number of benzene rings is 1. The largest absolute Gasteiger partial charge is 0.481 e. The number of anilines is 1. The summed E-state index contributed by atoms with van der Waals surface area (Å²) < 4.78 is 4.96. The van der Waals surface area contributed by atoms with Crippen LogP contribution in [0, 0.1) is 0 Å². The van der Waals surface area contributed by atoms with E-state index in [1.54, 1.807) is 43.3 Å². The van der Waals surface area contributed by atoms with E-state index < -0.39 is 0 Å². The average molecular weight is 300 g/mol. The van der Waals surface area contributed by atoms with Gasteiger partial charge in [-0.05, 0) is 36.1 Å². The molecule has 0 spiro atoms. The van der Waals surface area contributed by atoms with Crippen molar-refractivity contribution in [3.63, 3.8) is 0 Å². The number of nitrogens with one attached hydrogen (secondary N) is 1. The number of aromatic nitrogens is 1. The van der Waals surface area contributed by atoms with Gasteiger partial charge in [-0.15, -0.1) is 11.8 Å². The maximum Gasteiger partial charge on any atom is 0.248 e. The van der Waals surface area contributed by atoms with E-state index in [4.69, 9.17) is 4.74 Å². The quantitative estimate of drug-likeness (QED) is 0.678. The number of hydrogen-bond acceptors (Lipinski definition) is 4. The Morgan fingerprint density at radius 2 is 2.00 bits per heavy atom. The monoisotopic (exact) mass is 300 g/mol. The van der Waals surface area contributed by atoms with Gasteiger partial charge in [0.05, 0.1) is 19.0 Å². The van der Waals surface area contributed by atoms with E-state index >= 15 is 0 Å². The van der Waals surface area contributed by atoms with Crippen LogP contribution in [0.3, 0.4) is 0 Å². The lowest BCUT2D eigenvalue weighted by atomic mass is 10.2. The van der Waals surface area contributed by atoms with Gasteiger partial charge in [0.15, 0.2) is 0 Å². The van der Waals surface area contributed by atoms with Crippen molar-refractivity contribution in [2.75, 3.05) is 18.7 Å². The van der Waals surface area contributed by atoms with E-state index in [-0.39, 0.29) is 5.91 Å². The molecule has 1 N–H and O–H groups in total. The molecule has 4 nitrogen and oxygen atoms in total. The number of hydrogen-bond donors (Lipinski definition) is 1. The minimum atomic E-state index is -0.198. The Morgan fingerprint density at radius 3 is 2.57 bits per heavy atom. The third kappa shape index (κ3) is 4.65. The van der Waals surface area contributed by atoms with Crippen LogP contribution in [0.15, 0.2) is 53.6 Å². The Balaban J connectivity index is 1.94. The minimum Gasteiger partial charge on any atom is -0.481 e. The van der Waals surface area contributed by atoms with Crippen molar-refractivity contribution in [3.05, 3.63) is 54.2 Å². The molecule has 1 heterocycles. The Hall–Kier alpha value is -2.27. The van der Waals surface area contributed by atoms with E-state index in [2.05, 4.69) is 10.3 Å². The van der Waals surface area contributed by atoms with Crippen molar-refractivity contribution < 1.29 is 9.53 Å². The molecule has 0 saturated heterocycles. The topological polar surface area (TPSA) is 51.2 Å². The van der Waals surface area contributed by atoms with Crippen molar-refractivity contribution in [1.29, 1.82) is 0 Å². The van der Waals surface area contributed by atoms with Crippen LogP contribution in [0.1, 0.15) is 5.56 Å². The second kappa shape index (κ2) is 7.50. The lowest BCUT2D eigenvalue weighted by Crippen LogP contribution is -2.07. The van der Waals surface area contributed by atoms with Gasteiger partial charge in [-0.1, -0.05) is 12.1 Å². The van der Waals surface area contributed by atoms with Crippen LogP contribution in [-0.4, -0.2) is 24.3 Å². The average Bonchev–Trinajstić information content (AvgIpc) is 2.54. The normalized spacial score (nSPS) is 10.6. The van der Waals surface area contributed by atoms with Gasteiger partial charge in [-0.2, -0.15) is 0 Å². The molecular formula is C16H16N2O2S.